The van der Waals surface area contributed by atoms with E-state index in [-0.39, 0.29) is 0 Å². The Balaban J connectivity index is -0.0000000771. The second kappa shape index (κ2) is 30.0. The lowest BCUT2D eigenvalue weighted by molar-refractivity contribution is -0.0884. The van der Waals surface area contributed by atoms with Crippen molar-refractivity contribution >= 4 is 6.16 Å². The first-order valence-corrected chi connectivity index (χ1v) is 1.79. The zero-order valence-corrected chi connectivity index (χ0v) is 4.97. The van der Waals surface area contributed by atoms with E-state index in [0.717, 1.165) is 0 Å². The lowest BCUT2D eigenvalue weighted by atomic mass is 11.3. The van der Waals surface area contributed by atoms with Crippen molar-refractivity contribution in [2.45, 2.75) is 0 Å². The van der Waals surface area contributed by atoms with Crippen LogP contribution in [-0.4, -0.2) is 11.3 Å². The Morgan fingerprint density at radius 3 is 1.44 bits per heavy atom. The van der Waals surface area contributed by atoms with Crippen molar-refractivity contribution in [3.63, 3.8) is 0 Å². The van der Waals surface area contributed by atoms with Crippen molar-refractivity contribution in [3.8, 4) is 0 Å². The van der Waals surface area contributed by atoms with Crippen molar-refractivity contribution in [2.24, 2.45) is 0 Å². The summed E-state index contributed by atoms with van der Waals surface area (Å²) in [6, 6.07) is 0. The van der Waals surface area contributed by atoms with Gasteiger partial charge in [0.25, 0.3) is 0 Å². The summed E-state index contributed by atoms with van der Waals surface area (Å²) in [5.74, 6) is 0. The van der Waals surface area contributed by atoms with E-state index in [0.29, 0.717) is 0 Å². The molecule has 0 aliphatic carbocycles. The Morgan fingerprint density at radius 1 is 1.33 bits per heavy atom. The molecule has 9 heavy (non-hydrogen) atoms. The molecule has 54 valence electrons. The van der Waals surface area contributed by atoms with E-state index in [9.17, 15) is 4.53 Å². The maximum absolute atomic E-state index is 10.0. The fourth-order valence-electron chi connectivity index (χ4n) is 0. The molecule has 0 amide bonds. The maximum atomic E-state index is 10.0. The van der Waals surface area contributed by atoms with Crippen LogP contribution in [0.25, 0.3) is 0 Å². The molecule has 4 heteroatoms. The molecule has 0 radical (unpaired) electrons. The number of hydrogen-bond acceptors (Lipinski definition) is 2. The smallest absolute Gasteiger partial charge is 0.448 e. The van der Waals surface area contributed by atoms with Crippen LogP contribution >= 0.6 is 0 Å². The van der Waals surface area contributed by atoms with Crippen LogP contribution in [0.4, 0.5) is 9.32 Å². The molecule has 0 aromatic rings. The summed E-state index contributed by atoms with van der Waals surface area (Å²) in [6.45, 7) is 12.0. The summed E-state index contributed by atoms with van der Waals surface area (Å²) in [7, 11) is 0. The van der Waals surface area contributed by atoms with Crippen LogP contribution in [0.15, 0.2) is 26.3 Å². The lowest BCUT2D eigenvalue weighted by Gasteiger charge is -1.70. The summed E-state index contributed by atoms with van der Waals surface area (Å²) in [6.07, 6.45) is -1.91. The summed E-state index contributed by atoms with van der Waals surface area (Å²) in [5, 5.41) is 7.12. The van der Waals surface area contributed by atoms with E-state index in [4.69, 9.17) is 9.90 Å². The topological polar surface area (TPSA) is 46.5 Å². The Labute approximate surface area is 53.0 Å². The predicted octanol–water partition coefficient (Wildman–Crippen LogP) is 2.17. The van der Waals surface area contributed by atoms with Gasteiger partial charge in [0.05, 0.1) is 0 Å². The van der Waals surface area contributed by atoms with Gasteiger partial charge in [0.15, 0.2) is 0 Å². The highest BCUT2D eigenvalue weighted by molar-refractivity contribution is 5.55. The van der Waals surface area contributed by atoms with Gasteiger partial charge in [-0.15, -0.1) is 26.3 Å². The molecule has 0 aliphatic rings. The molecular formula is C5H9FO3. The standard InChI is InChI=1S/2C2H4.CHFO3/c2*1-2;2-5-1(3)4/h2*1-2H2;(H,3,4). The van der Waals surface area contributed by atoms with Crippen molar-refractivity contribution < 1.29 is 19.4 Å². The number of carbonyl (C=O) groups is 1. The van der Waals surface area contributed by atoms with Crippen LogP contribution in [0.2, 0.25) is 0 Å². The summed E-state index contributed by atoms with van der Waals surface area (Å²) >= 11 is 0. The Kier molecular flexibility index (Phi) is 52.2. The van der Waals surface area contributed by atoms with Gasteiger partial charge < -0.3 is 5.11 Å². The summed E-state index contributed by atoms with van der Waals surface area (Å²) in [5.41, 5.74) is 0. The minimum absolute atomic E-state index is 1.91. The summed E-state index contributed by atoms with van der Waals surface area (Å²) < 4.78 is 10.0. The molecule has 0 heterocycles. The van der Waals surface area contributed by atoms with Gasteiger partial charge in [-0.2, -0.15) is 0 Å². The number of rotatable bonds is 0. The molecule has 3 nitrogen and oxygen atoms in total. The molecule has 0 unspecified atom stereocenters. The third kappa shape index (κ3) is 316. The van der Waals surface area contributed by atoms with Gasteiger partial charge >= 0.3 is 6.16 Å². The average Bonchev–Trinajstić information content (AvgIpc) is 1.97. The first kappa shape index (κ1) is 15.6. The van der Waals surface area contributed by atoms with Crippen LogP contribution in [-0.2, 0) is 4.94 Å². The van der Waals surface area contributed by atoms with E-state index in [1.807, 2.05) is 0 Å². The van der Waals surface area contributed by atoms with E-state index in [1.165, 1.54) is 0 Å². The van der Waals surface area contributed by atoms with Crippen LogP contribution in [0.3, 0.4) is 0 Å². The van der Waals surface area contributed by atoms with E-state index < -0.39 is 6.16 Å². The Bertz CT molecular complexity index is 63.2. The molecule has 0 aliphatic heterocycles. The first-order valence-electron chi connectivity index (χ1n) is 1.79. The third-order valence-corrected chi connectivity index (χ3v) is 0.0660. The third-order valence-electron chi connectivity index (χ3n) is 0.0660. The Hall–Kier alpha value is -1.32. The highest BCUT2D eigenvalue weighted by Gasteiger charge is 1.87. The summed E-state index contributed by atoms with van der Waals surface area (Å²) in [4.78, 5) is 10.9. The highest BCUT2D eigenvalue weighted by Crippen LogP contribution is 1.69. The van der Waals surface area contributed by atoms with E-state index in [1.54, 1.807) is 0 Å². The van der Waals surface area contributed by atoms with Crippen molar-refractivity contribution in [3.05, 3.63) is 26.3 Å². The van der Waals surface area contributed by atoms with Crippen LogP contribution in [0, 0.1) is 0 Å². The van der Waals surface area contributed by atoms with Crippen molar-refractivity contribution in [2.75, 3.05) is 0 Å². The molecule has 0 saturated heterocycles. The minimum atomic E-state index is -1.91. The fraction of sp³-hybridized carbons (Fsp3) is 0. The number of carboxylic acid groups (broad SMARTS) is 1. The van der Waals surface area contributed by atoms with Gasteiger partial charge in [-0.05, 0) is 0 Å². The number of halogens is 1. The molecule has 0 rings (SSSR count). The molecule has 1 N–H and O–H groups in total. The van der Waals surface area contributed by atoms with Gasteiger partial charge in [-0.3, -0.25) is 0 Å². The molecule has 0 aromatic heterocycles. The SMILES string of the molecule is C=C.C=C.O=C(O)OF. The first-order chi connectivity index (χ1) is 4.27. The average molecular weight is 136 g/mol. The largest absolute Gasteiger partial charge is 0.542 e. The molecule has 0 fully saturated rings. The van der Waals surface area contributed by atoms with Gasteiger partial charge in [-0.25, -0.2) is 9.74 Å². The van der Waals surface area contributed by atoms with Gasteiger partial charge in [0, 0.05) is 4.53 Å². The second-order valence-corrected chi connectivity index (χ2v) is 0.343. The minimum Gasteiger partial charge on any atom is -0.448 e. The van der Waals surface area contributed by atoms with Crippen molar-refractivity contribution in [1.82, 2.24) is 0 Å². The van der Waals surface area contributed by atoms with Crippen LogP contribution in [0.5, 0.6) is 0 Å². The quantitative estimate of drug-likeness (QED) is 0.519. The van der Waals surface area contributed by atoms with Crippen LogP contribution in [0.1, 0.15) is 0 Å². The zero-order chi connectivity index (χ0) is 8.28. The lowest BCUT2D eigenvalue weighted by Crippen LogP contribution is -1.86. The fourth-order valence-corrected chi connectivity index (χ4v) is 0. The van der Waals surface area contributed by atoms with Crippen LogP contribution < -0.4 is 0 Å². The molecule has 0 spiro atoms. The number of hydrogen-bond donors (Lipinski definition) is 1. The van der Waals surface area contributed by atoms with Crippen molar-refractivity contribution in [1.29, 1.82) is 0 Å². The normalized spacial score (nSPS) is 4.56. The second-order valence-electron chi connectivity index (χ2n) is 0.343. The van der Waals surface area contributed by atoms with E-state index >= 15 is 0 Å². The molecule has 0 atom stereocenters. The van der Waals surface area contributed by atoms with Gasteiger partial charge in [-0.1, -0.05) is 0 Å². The highest BCUT2D eigenvalue weighted by atomic mass is 19.3. The van der Waals surface area contributed by atoms with Gasteiger partial charge in [0.2, 0.25) is 0 Å². The van der Waals surface area contributed by atoms with E-state index in [2.05, 4.69) is 31.3 Å². The molecular weight excluding hydrogens is 127 g/mol. The molecule has 0 saturated carbocycles. The Morgan fingerprint density at radius 2 is 1.44 bits per heavy atom. The zero-order valence-electron chi connectivity index (χ0n) is 4.97. The van der Waals surface area contributed by atoms with Gasteiger partial charge in [0.1, 0.15) is 0 Å². The molecule has 0 bridgehead atoms. The predicted molar refractivity (Wildman–Crippen MR) is 32.7 cm³/mol. The monoisotopic (exact) mass is 136 g/mol. The maximum Gasteiger partial charge on any atom is 0.542 e. The molecule has 0 aromatic carbocycles.